The molecule has 0 saturated carbocycles. The van der Waals surface area contributed by atoms with E-state index in [1.165, 1.54) is 12.1 Å². The van der Waals surface area contributed by atoms with Crippen LogP contribution in [-0.4, -0.2) is 23.9 Å². The summed E-state index contributed by atoms with van der Waals surface area (Å²) >= 11 is 12.1. The van der Waals surface area contributed by atoms with Crippen LogP contribution in [0.15, 0.2) is 42.5 Å². The molecule has 1 amide bonds. The summed E-state index contributed by atoms with van der Waals surface area (Å²) in [4.78, 5) is 14.7. The maximum atomic E-state index is 13.0. The Kier molecular flexibility index (Phi) is 5.94. The Morgan fingerprint density at radius 3 is 2.48 bits per heavy atom. The first kappa shape index (κ1) is 18.2. The second-order valence-electron chi connectivity index (χ2n) is 6.27. The van der Waals surface area contributed by atoms with Crippen molar-refractivity contribution in [3.05, 3.63) is 63.9 Å². The number of amides is 1. The van der Waals surface area contributed by atoms with Gasteiger partial charge in [-0.2, -0.15) is 0 Å². The van der Waals surface area contributed by atoms with Crippen LogP contribution in [0.5, 0.6) is 0 Å². The molecule has 0 spiro atoms. The van der Waals surface area contributed by atoms with Gasteiger partial charge in [0, 0.05) is 12.5 Å². The van der Waals surface area contributed by atoms with Gasteiger partial charge >= 0.3 is 0 Å². The summed E-state index contributed by atoms with van der Waals surface area (Å²) in [7, 11) is 0. The number of hydrogen-bond donors (Lipinski definition) is 1. The fourth-order valence-electron chi connectivity index (χ4n) is 3.04. The molecule has 6 heteroatoms. The van der Waals surface area contributed by atoms with Crippen LogP contribution in [0, 0.1) is 11.7 Å². The highest BCUT2D eigenvalue weighted by molar-refractivity contribution is 6.44. The minimum atomic E-state index is -0.223. The van der Waals surface area contributed by atoms with Gasteiger partial charge in [0.1, 0.15) is 5.82 Å². The zero-order valence-corrected chi connectivity index (χ0v) is 15.2. The molecule has 0 atom stereocenters. The number of nitrogens with zero attached hydrogens (tertiary/aromatic N) is 1. The lowest BCUT2D eigenvalue weighted by molar-refractivity contribution is -0.121. The molecule has 1 heterocycles. The van der Waals surface area contributed by atoms with E-state index in [1.54, 1.807) is 30.3 Å². The first-order valence-electron chi connectivity index (χ1n) is 8.24. The van der Waals surface area contributed by atoms with E-state index in [-0.39, 0.29) is 17.6 Å². The number of benzene rings is 2. The number of rotatable bonds is 4. The Morgan fingerprint density at radius 1 is 1.12 bits per heavy atom. The van der Waals surface area contributed by atoms with Crippen LogP contribution in [0.3, 0.4) is 0 Å². The molecule has 0 unspecified atom stereocenters. The molecule has 2 aromatic carbocycles. The van der Waals surface area contributed by atoms with Gasteiger partial charge < -0.3 is 5.32 Å². The molecule has 3 nitrogen and oxygen atoms in total. The minimum absolute atomic E-state index is 0.0226. The summed E-state index contributed by atoms with van der Waals surface area (Å²) in [6, 6.07) is 11.7. The van der Waals surface area contributed by atoms with Gasteiger partial charge in [0.05, 0.1) is 15.7 Å². The fourth-order valence-corrected chi connectivity index (χ4v) is 3.38. The summed E-state index contributed by atoms with van der Waals surface area (Å²) in [6.07, 6.45) is 1.57. The molecule has 1 aliphatic rings. The molecule has 1 fully saturated rings. The topological polar surface area (TPSA) is 32.3 Å². The maximum absolute atomic E-state index is 13.0. The lowest BCUT2D eigenvalue weighted by atomic mass is 9.95. The zero-order valence-electron chi connectivity index (χ0n) is 13.6. The van der Waals surface area contributed by atoms with Crippen molar-refractivity contribution >= 4 is 34.8 Å². The van der Waals surface area contributed by atoms with Crippen molar-refractivity contribution < 1.29 is 9.18 Å². The number of carbonyl (C=O) groups is 1. The van der Waals surface area contributed by atoms with Crippen molar-refractivity contribution in [2.45, 2.75) is 19.4 Å². The van der Waals surface area contributed by atoms with E-state index in [9.17, 15) is 9.18 Å². The molecule has 0 bridgehead atoms. The van der Waals surface area contributed by atoms with Crippen molar-refractivity contribution in [3.63, 3.8) is 0 Å². The van der Waals surface area contributed by atoms with Crippen LogP contribution in [0.1, 0.15) is 18.4 Å². The highest BCUT2D eigenvalue weighted by Crippen LogP contribution is 2.30. The third kappa shape index (κ3) is 4.72. The van der Waals surface area contributed by atoms with Gasteiger partial charge in [-0.1, -0.05) is 41.4 Å². The van der Waals surface area contributed by atoms with Gasteiger partial charge in [0.15, 0.2) is 0 Å². The molecule has 1 saturated heterocycles. The third-order valence-electron chi connectivity index (χ3n) is 4.49. The number of piperidine rings is 1. The Morgan fingerprint density at radius 2 is 1.80 bits per heavy atom. The number of halogens is 3. The standard InChI is InChI=1S/C19H19Cl2FN2O/c20-16-2-1-3-17(18(16)21)23-19(25)14-8-10-24(11-9-14)12-13-4-6-15(22)7-5-13/h1-7,14H,8-12H2,(H,23,25). The Balaban J connectivity index is 1.52. The average molecular weight is 381 g/mol. The predicted octanol–water partition coefficient (Wildman–Crippen LogP) is 4.98. The molecule has 1 N–H and O–H groups in total. The van der Waals surface area contributed by atoms with Gasteiger partial charge in [0.25, 0.3) is 0 Å². The van der Waals surface area contributed by atoms with Crippen molar-refractivity contribution in [2.24, 2.45) is 5.92 Å². The largest absolute Gasteiger partial charge is 0.324 e. The lowest BCUT2D eigenvalue weighted by Crippen LogP contribution is -2.37. The van der Waals surface area contributed by atoms with Crippen molar-refractivity contribution in [1.29, 1.82) is 0 Å². The van der Waals surface area contributed by atoms with E-state index >= 15 is 0 Å². The van der Waals surface area contributed by atoms with Gasteiger partial charge in [-0.3, -0.25) is 9.69 Å². The molecular weight excluding hydrogens is 362 g/mol. The summed E-state index contributed by atoms with van der Waals surface area (Å²) in [5, 5.41) is 3.67. The van der Waals surface area contributed by atoms with E-state index in [2.05, 4.69) is 10.2 Å². The van der Waals surface area contributed by atoms with Crippen LogP contribution < -0.4 is 5.32 Å². The number of carbonyl (C=O) groups excluding carboxylic acids is 1. The molecule has 132 valence electrons. The summed E-state index contributed by atoms with van der Waals surface area (Å²) in [5.41, 5.74) is 1.63. The quantitative estimate of drug-likeness (QED) is 0.810. The molecule has 0 radical (unpaired) electrons. The zero-order chi connectivity index (χ0) is 17.8. The second-order valence-corrected chi connectivity index (χ2v) is 7.05. The van der Waals surface area contributed by atoms with Gasteiger partial charge in [0.2, 0.25) is 5.91 Å². The maximum Gasteiger partial charge on any atom is 0.227 e. The monoisotopic (exact) mass is 380 g/mol. The number of likely N-dealkylation sites (tertiary alicyclic amines) is 1. The van der Waals surface area contributed by atoms with Crippen LogP contribution in [0.2, 0.25) is 10.0 Å². The molecular formula is C19H19Cl2FN2O. The Labute approximate surface area is 156 Å². The van der Waals surface area contributed by atoms with Crippen LogP contribution in [0.4, 0.5) is 10.1 Å². The normalized spacial score (nSPS) is 16.0. The fraction of sp³-hybridized carbons (Fsp3) is 0.316. The summed E-state index contributed by atoms with van der Waals surface area (Å²) in [5.74, 6) is -0.288. The average Bonchev–Trinajstić information content (AvgIpc) is 2.61. The van der Waals surface area contributed by atoms with Crippen molar-refractivity contribution in [3.8, 4) is 0 Å². The molecule has 0 aromatic heterocycles. The van der Waals surface area contributed by atoms with Gasteiger partial charge in [-0.15, -0.1) is 0 Å². The summed E-state index contributed by atoms with van der Waals surface area (Å²) in [6.45, 7) is 2.44. The number of nitrogens with one attached hydrogen (secondary N) is 1. The third-order valence-corrected chi connectivity index (χ3v) is 5.31. The molecule has 25 heavy (non-hydrogen) atoms. The first-order chi connectivity index (χ1) is 12.0. The molecule has 0 aliphatic carbocycles. The minimum Gasteiger partial charge on any atom is -0.324 e. The van der Waals surface area contributed by atoms with E-state index in [0.29, 0.717) is 15.7 Å². The number of hydrogen-bond acceptors (Lipinski definition) is 2. The predicted molar refractivity (Wildman–Crippen MR) is 99.5 cm³/mol. The van der Waals surface area contributed by atoms with Crippen LogP contribution in [0.25, 0.3) is 0 Å². The summed E-state index contributed by atoms with van der Waals surface area (Å²) < 4.78 is 13.0. The first-order valence-corrected chi connectivity index (χ1v) is 9.00. The highest BCUT2D eigenvalue weighted by atomic mass is 35.5. The SMILES string of the molecule is O=C(Nc1cccc(Cl)c1Cl)C1CCN(Cc2ccc(F)cc2)CC1. The second kappa shape index (κ2) is 8.17. The van der Waals surface area contributed by atoms with E-state index in [1.807, 2.05) is 0 Å². The van der Waals surface area contributed by atoms with Gasteiger partial charge in [-0.25, -0.2) is 4.39 Å². The van der Waals surface area contributed by atoms with Crippen LogP contribution >= 0.6 is 23.2 Å². The highest BCUT2D eigenvalue weighted by Gasteiger charge is 2.25. The van der Waals surface area contributed by atoms with E-state index in [0.717, 1.165) is 38.0 Å². The van der Waals surface area contributed by atoms with Crippen LogP contribution in [-0.2, 0) is 11.3 Å². The Hall–Kier alpha value is -1.62. The molecule has 1 aliphatic heterocycles. The number of anilines is 1. The smallest absolute Gasteiger partial charge is 0.227 e. The lowest BCUT2D eigenvalue weighted by Gasteiger charge is -2.31. The van der Waals surface area contributed by atoms with Gasteiger partial charge in [-0.05, 0) is 55.8 Å². The van der Waals surface area contributed by atoms with E-state index in [4.69, 9.17) is 23.2 Å². The molecule has 2 aromatic rings. The Bertz CT molecular complexity index is 744. The van der Waals surface area contributed by atoms with Crippen molar-refractivity contribution in [2.75, 3.05) is 18.4 Å². The molecule has 3 rings (SSSR count). The van der Waals surface area contributed by atoms with E-state index < -0.39 is 0 Å². The van der Waals surface area contributed by atoms with Crippen molar-refractivity contribution in [1.82, 2.24) is 4.90 Å².